The van der Waals surface area contributed by atoms with E-state index in [4.69, 9.17) is 5.26 Å². The summed E-state index contributed by atoms with van der Waals surface area (Å²) in [5, 5.41) is 8.68. The van der Waals surface area contributed by atoms with E-state index in [2.05, 4.69) is 6.07 Å². The molecule has 1 fully saturated rings. The van der Waals surface area contributed by atoms with Gasteiger partial charge in [0.1, 0.15) is 6.54 Å². The second-order valence-electron chi connectivity index (χ2n) is 4.22. The predicted octanol–water partition coefficient (Wildman–Crippen LogP) is 1.94. The van der Waals surface area contributed by atoms with E-state index < -0.39 is 0 Å². The first-order valence-electron chi connectivity index (χ1n) is 5.34. The number of hydrogen-bond donors (Lipinski definition) is 0. The first kappa shape index (κ1) is 11.0. The number of hydrogen-bond acceptors (Lipinski definition) is 2. The van der Waals surface area contributed by atoms with Crippen molar-refractivity contribution in [1.29, 1.82) is 5.26 Å². The van der Waals surface area contributed by atoms with Crippen molar-refractivity contribution in [2.24, 2.45) is 5.92 Å². The summed E-state index contributed by atoms with van der Waals surface area (Å²) < 4.78 is 0. The van der Waals surface area contributed by atoms with Crippen LogP contribution in [0.3, 0.4) is 0 Å². The molecule has 3 heteroatoms. The van der Waals surface area contributed by atoms with Crippen LogP contribution in [0.15, 0.2) is 0 Å². The molecule has 0 aromatic heterocycles. The summed E-state index contributed by atoms with van der Waals surface area (Å²) in [6.07, 6.45) is 4.52. The van der Waals surface area contributed by atoms with E-state index in [-0.39, 0.29) is 18.4 Å². The van der Waals surface area contributed by atoms with Crippen LogP contribution in [0.2, 0.25) is 0 Å². The molecule has 1 aliphatic carbocycles. The van der Waals surface area contributed by atoms with Crippen LogP contribution >= 0.6 is 0 Å². The molecule has 3 nitrogen and oxygen atoms in total. The third kappa shape index (κ3) is 2.47. The lowest BCUT2D eigenvalue weighted by Gasteiger charge is -2.28. The Kier molecular flexibility index (Phi) is 3.94. The normalized spacial score (nSPS) is 17.0. The predicted molar refractivity (Wildman–Crippen MR) is 54.4 cm³/mol. The second kappa shape index (κ2) is 4.99. The number of carbonyl (C=O) groups is 1. The summed E-state index contributed by atoms with van der Waals surface area (Å²) in [7, 11) is 0. The van der Waals surface area contributed by atoms with Gasteiger partial charge in [0, 0.05) is 12.0 Å². The van der Waals surface area contributed by atoms with E-state index in [0.717, 1.165) is 12.8 Å². The Morgan fingerprint density at radius 2 is 2.07 bits per heavy atom. The highest BCUT2D eigenvalue weighted by atomic mass is 16.2. The van der Waals surface area contributed by atoms with Gasteiger partial charge in [0.2, 0.25) is 5.91 Å². The minimum absolute atomic E-state index is 0.00366. The molecule has 0 spiro atoms. The topological polar surface area (TPSA) is 44.1 Å². The standard InChI is InChI=1S/C11H18N2O/c1-9(2)11(14)13(8-7-12)10-5-3-4-6-10/h9-10H,3-6,8H2,1-2H3. The van der Waals surface area contributed by atoms with Crippen LogP contribution in [0.25, 0.3) is 0 Å². The summed E-state index contributed by atoms with van der Waals surface area (Å²) in [4.78, 5) is 13.6. The lowest BCUT2D eigenvalue weighted by atomic mass is 10.1. The van der Waals surface area contributed by atoms with Gasteiger partial charge in [-0.3, -0.25) is 4.79 Å². The van der Waals surface area contributed by atoms with Crippen molar-refractivity contribution in [1.82, 2.24) is 4.90 Å². The molecule has 1 rings (SSSR count). The van der Waals surface area contributed by atoms with Gasteiger partial charge in [-0.2, -0.15) is 5.26 Å². The summed E-state index contributed by atoms with van der Waals surface area (Å²) in [5.74, 6) is 0.127. The second-order valence-corrected chi connectivity index (χ2v) is 4.22. The largest absolute Gasteiger partial charge is 0.326 e. The third-order valence-electron chi connectivity index (χ3n) is 2.78. The number of amides is 1. The van der Waals surface area contributed by atoms with E-state index in [9.17, 15) is 4.79 Å². The molecule has 0 saturated heterocycles. The SMILES string of the molecule is CC(C)C(=O)N(CC#N)C1CCCC1. The van der Waals surface area contributed by atoms with Crippen molar-refractivity contribution in [2.75, 3.05) is 6.54 Å². The Hall–Kier alpha value is -1.04. The maximum Gasteiger partial charge on any atom is 0.226 e. The molecule has 0 radical (unpaired) electrons. The molecular formula is C11H18N2O. The van der Waals surface area contributed by atoms with Gasteiger partial charge in [0.05, 0.1) is 6.07 Å². The molecule has 0 heterocycles. The summed E-state index contributed by atoms with van der Waals surface area (Å²) in [5.41, 5.74) is 0. The molecule has 0 aromatic rings. The van der Waals surface area contributed by atoms with Crippen molar-refractivity contribution >= 4 is 5.91 Å². The highest BCUT2D eigenvalue weighted by molar-refractivity contribution is 5.78. The molecule has 0 atom stereocenters. The van der Waals surface area contributed by atoms with E-state index in [0.29, 0.717) is 6.04 Å². The quantitative estimate of drug-likeness (QED) is 0.644. The Labute approximate surface area is 85.7 Å². The Bertz CT molecular complexity index is 236. The first-order chi connectivity index (χ1) is 6.66. The Balaban J connectivity index is 2.63. The zero-order valence-electron chi connectivity index (χ0n) is 8.99. The molecule has 1 aliphatic rings. The highest BCUT2D eigenvalue weighted by Gasteiger charge is 2.27. The third-order valence-corrected chi connectivity index (χ3v) is 2.78. The van der Waals surface area contributed by atoms with Crippen LogP contribution in [0.5, 0.6) is 0 Å². The molecule has 1 saturated carbocycles. The number of rotatable bonds is 3. The van der Waals surface area contributed by atoms with Crippen molar-refractivity contribution in [3.8, 4) is 6.07 Å². The smallest absolute Gasteiger partial charge is 0.226 e. The maximum atomic E-state index is 11.8. The molecule has 0 aromatic carbocycles. The maximum absolute atomic E-state index is 11.8. The fraction of sp³-hybridized carbons (Fsp3) is 0.818. The van der Waals surface area contributed by atoms with Gasteiger partial charge < -0.3 is 4.90 Å². The highest BCUT2D eigenvalue weighted by Crippen LogP contribution is 2.24. The first-order valence-corrected chi connectivity index (χ1v) is 5.34. The fourth-order valence-corrected chi connectivity index (χ4v) is 2.01. The van der Waals surface area contributed by atoms with E-state index in [1.807, 2.05) is 13.8 Å². The minimum Gasteiger partial charge on any atom is -0.326 e. The van der Waals surface area contributed by atoms with Crippen LogP contribution in [-0.2, 0) is 4.79 Å². The van der Waals surface area contributed by atoms with Crippen molar-refractivity contribution in [3.63, 3.8) is 0 Å². The summed E-state index contributed by atoms with van der Waals surface area (Å²) in [6.45, 7) is 4.03. The van der Waals surface area contributed by atoms with Crippen LogP contribution in [0, 0.1) is 17.2 Å². The summed E-state index contributed by atoms with van der Waals surface area (Å²) >= 11 is 0. The Morgan fingerprint density at radius 1 is 1.50 bits per heavy atom. The van der Waals surface area contributed by atoms with E-state index >= 15 is 0 Å². The number of nitriles is 1. The van der Waals surface area contributed by atoms with Crippen LogP contribution in [-0.4, -0.2) is 23.4 Å². The van der Waals surface area contributed by atoms with Gasteiger partial charge in [0.25, 0.3) is 0 Å². The monoisotopic (exact) mass is 194 g/mol. The van der Waals surface area contributed by atoms with Gasteiger partial charge in [0.15, 0.2) is 0 Å². The van der Waals surface area contributed by atoms with E-state index in [1.54, 1.807) is 4.90 Å². The molecular weight excluding hydrogens is 176 g/mol. The van der Waals surface area contributed by atoms with Gasteiger partial charge in [-0.25, -0.2) is 0 Å². The molecule has 0 bridgehead atoms. The summed E-state index contributed by atoms with van der Waals surface area (Å²) in [6, 6.07) is 2.41. The number of carbonyl (C=O) groups excluding carboxylic acids is 1. The molecule has 0 N–H and O–H groups in total. The molecule has 0 aliphatic heterocycles. The average molecular weight is 194 g/mol. The Morgan fingerprint density at radius 3 is 2.50 bits per heavy atom. The lowest BCUT2D eigenvalue weighted by molar-refractivity contribution is -0.136. The van der Waals surface area contributed by atoms with Crippen molar-refractivity contribution in [2.45, 2.75) is 45.6 Å². The van der Waals surface area contributed by atoms with Gasteiger partial charge in [-0.15, -0.1) is 0 Å². The van der Waals surface area contributed by atoms with Crippen LogP contribution < -0.4 is 0 Å². The lowest BCUT2D eigenvalue weighted by Crippen LogP contribution is -2.41. The zero-order chi connectivity index (χ0) is 10.6. The van der Waals surface area contributed by atoms with Gasteiger partial charge in [-0.1, -0.05) is 26.7 Å². The van der Waals surface area contributed by atoms with Crippen molar-refractivity contribution < 1.29 is 4.79 Å². The van der Waals surface area contributed by atoms with Gasteiger partial charge in [-0.05, 0) is 12.8 Å². The van der Waals surface area contributed by atoms with Gasteiger partial charge >= 0.3 is 0 Å². The van der Waals surface area contributed by atoms with Crippen LogP contribution in [0.1, 0.15) is 39.5 Å². The zero-order valence-corrected chi connectivity index (χ0v) is 8.99. The molecule has 1 amide bonds. The van der Waals surface area contributed by atoms with E-state index in [1.165, 1.54) is 12.8 Å². The molecule has 14 heavy (non-hydrogen) atoms. The minimum atomic E-state index is 0.00366. The average Bonchev–Trinajstić information content (AvgIpc) is 2.65. The van der Waals surface area contributed by atoms with Crippen LogP contribution in [0.4, 0.5) is 0 Å². The molecule has 0 unspecified atom stereocenters. The fourth-order valence-electron chi connectivity index (χ4n) is 2.01. The number of nitrogens with zero attached hydrogens (tertiary/aromatic N) is 2. The molecule has 78 valence electrons. The van der Waals surface area contributed by atoms with Crippen molar-refractivity contribution in [3.05, 3.63) is 0 Å².